The van der Waals surface area contributed by atoms with E-state index in [4.69, 9.17) is 4.74 Å². The number of aromatic nitrogens is 1. The normalized spacial score (nSPS) is 14.9. The average molecular weight is 370 g/mol. The van der Waals surface area contributed by atoms with Crippen molar-refractivity contribution in [3.8, 4) is 5.75 Å². The summed E-state index contributed by atoms with van der Waals surface area (Å²) in [7, 11) is 1.60. The van der Waals surface area contributed by atoms with E-state index in [9.17, 15) is 9.59 Å². The Hall–Kier alpha value is -3.73. The van der Waals surface area contributed by atoms with E-state index in [0.717, 1.165) is 16.9 Å². The zero-order chi connectivity index (χ0) is 19.5. The Morgan fingerprint density at radius 3 is 2.36 bits per heavy atom. The highest BCUT2D eigenvalue weighted by atomic mass is 16.5. The summed E-state index contributed by atoms with van der Waals surface area (Å²) in [6.45, 7) is 0.195. The van der Waals surface area contributed by atoms with Gasteiger partial charge in [-0.2, -0.15) is 0 Å². The minimum Gasteiger partial charge on any atom is -0.497 e. The second-order valence-electron chi connectivity index (χ2n) is 6.43. The van der Waals surface area contributed by atoms with Crippen molar-refractivity contribution in [2.75, 3.05) is 7.11 Å². The summed E-state index contributed by atoms with van der Waals surface area (Å²) in [6, 6.07) is 18.2. The largest absolute Gasteiger partial charge is 0.497 e. The molecule has 0 saturated heterocycles. The van der Waals surface area contributed by atoms with Crippen LogP contribution in [-0.4, -0.2) is 28.8 Å². The van der Waals surface area contributed by atoms with Gasteiger partial charge in [0.05, 0.1) is 13.7 Å². The number of rotatable bonds is 4. The van der Waals surface area contributed by atoms with Gasteiger partial charge in [0, 0.05) is 23.5 Å². The summed E-state index contributed by atoms with van der Waals surface area (Å²) in [5.74, 6) is 0.116. The second-order valence-corrected chi connectivity index (χ2v) is 6.43. The molecular weight excluding hydrogens is 352 g/mol. The first-order chi connectivity index (χ1) is 13.7. The van der Waals surface area contributed by atoms with Gasteiger partial charge in [0.25, 0.3) is 11.8 Å². The fourth-order valence-corrected chi connectivity index (χ4v) is 3.23. The summed E-state index contributed by atoms with van der Waals surface area (Å²) in [4.78, 5) is 31.6. The van der Waals surface area contributed by atoms with Gasteiger partial charge in [-0.3, -0.25) is 19.5 Å². The highest BCUT2D eigenvalue weighted by molar-refractivity contribution is 6.33. The SMILES string of the molecule is COc1ccc(CN2C(=O)C(=Cc3cccnc3)c3ccccc3C2=O)cc1. The molecule has 0 unspecified atom stereocenters. The summed E-state index contributed by atoms with van der Waals surface area (Å²) in [5, 5.41) is 0. The number of imide groups is 1. The van der Waals surface area contributed by atoms with Gasteiger partial charge in [-0.25, -0.2) is 0 Å². The maximum atomic E-state index is 13.2. The molecule has 1 aliphatic rings. The van der Waals surface area contributed by atoms with Crippen LogP contribution in [0.2, 0.25) is 0 Å². The number of hydrogen-bond acceptors (Lipinski definition) is 4. The van der Waals surface area contributed by atoms with E-state index in [1.165, 1.54) is 4.90 Å². The Balaban J connectivity index is 1.75. The number of fused-ring (bicyclic) bond motifs is 1. The highest BCUT2D eigenvalue weighted by Gasteiger charge is 2.34. The number of nitrogens with zero attached hydrogens (tertiary/aromatic N) is 2. The minimum absolute atomic E-state index is 0.195. The predicted molar refractivity (Wildman–Crippen MR) is 106 cm³/mol. The van der Waals surface area contributed by atoms with Gasteiger partial charge in [0.1, 0.15) is 5.75 Å². The standard InChI is InChI=1S/C23H18N2O3/c1-28-18-10-8-16(9-11-18)15-25-22(26)20-7-3-2-6-19(20)21(23(25)27)13-17-5-4-12-24-14-17/h2-14H,15H2,1H3. The number of amides is 2. The zero-order valence-electron chi connectivity index (χ0n) is 15.3. The van der Waals surface area contributed by atoms with Gasteiger partial charge in [-0.05, 0) is 47.0 Å². The molecule has 2 aromatic carbocycles. The van der Waals surface area contributed by atoms with E-state index in [0.29, 0.717) is 16.7 Å². The first-order valence-electron chi connectivity index (χ1n) is 8.87. The summed E-state index contributed by atoms with van der Waals surface area (Å²) in [5.41, 5.74) is 3.30. The molecule has 138 valence electrons. The van der Waals surface area contributed by atoms with Crippen LogP contribution < -0.4 is 4.74 Å². The summed E-state index contributed by atoms with van der Waals surface area (Å²) >= 11 is 0. The molecule has 0 radical (unpaired) electrons. The molecule has 1 aromatic heterocycles. The van der Waals surface area contributed by atoms with E-state index < -0.39 is 0 Å². The fraction of sp³-hybridized carbons (Fsp3) is 0.0870. The third kappa shape index (κ3) is 3.30. The quantitative estimate of drug-likeness (QED) is 0.518. The van der Waals surface area contributed by atoms with Gasteiger partial charge >= 0.3 is 0 Å². The number of methoxy groups -OCH3 is 1. The van der Waals surface area contributed by atoms with E-state index >= 15 is 0 Å². The van der Waals surface area contributed by atoms with E-state index in [1.807, 2.05) is 42.5 Å². The summed E-state index contributed by atoms with van der Waals surface area (Å²) in [6.07, 6.45) is 5.15. The molecule has 0 fully saturated rings. The molecule has 0 spiro atoms. The molecule has 3 aromatic rings. The Labute approximate surface area is 162 Å². The van der Waals surface area contributed by atoms with Crippen LogP contribution in [0.1, 0.15) is 27.0 Å². The number of benzene rings is 2. The van der Waals surface area contributed by atoms with Crippen molar-refractivity contribution in [2.45, 2.75) is 6.54 Å². The van der Waals surface area contributed by atoms with Crippen molar-refractivity contribution in [3.63, 3.8) is 0 Å². The van der Waals surface area contributed by atoms with Crippen LogP contribution in [0.15, 0.2) is 73.1 Å². The molecule has 5 nitrogen and oxygen atoms in total. The molecule has 0 bridgehead atoms. The molecular formula is C23H18N2O3. The lowest BCUT2D eigenvalue weighted by Gasteiger charge is -2.28. The fourth-order valence-electron chi connectivity index (χ4n) is 3.23. The van der Waals surface area contributed by atoms with Crippen molar-refractivity contribution in [3.05, 3.63) is 95.3 Å². The number of pyridine rings is 1. The van der Waals surface area contributed by atoms with Crippen LogP contribution in [0, 0.1) is 0 Å². The lowest BCUT2D eigenvalue weighted by atomic mass is 9.92. The van der Waals surface area contributed by atoms with Crippen molar-refractivity contribution < 1.29 is 14.3 Å². The number of carbonyl (C=O) groups excluding carboxylic acids is 2. The molecule has 5 heteroatoms. The maximum Gasteiger partial charge on any atom is 0.261 e. The monoisotopic (exact) mass is 370 g/mol. The van der Waals surface area contributed by atoms with Gasteiger partial charge in [-0.15, -0.1) is 0 Å². The number of hydrogen-bond donors (Lipinski definition) is 0. The van der Waals surface area contributed by atoms with Crippen LogP contribution >= 0.6 is 0 Å². The molecule has 2 heterocycles. The minimum atomic E-state index is -0.316. The first-order valence-corrected chi connectivity index (χ1v) is 8.87. The first kappa shape index (κ1) is 17.7. The maximum absolute atomic E-state index is 13.2. The molecule has 2 amide bonds. The van der Waals surface area contributed by atoms with Crippen LogP contribution in [0.25, 0.3) is 11.6 Å². The van der Waals surface area contributed by atoms with Crippen LogP contribution in [0.5, 0.6) is 5.75 Å². The summed E-state index contributed by atoms with van der Waals surface area (Å²) < 4.78 is 5.17. The third-order valence-corrected chi connectivity index (χ3v) is 4.66. The van der Waals surface area contributed by atoms with Gasteiger partial charge in [-0.1, -0.05) is 36.4 Å². The smallest absolute Gasteiger partial charge is 0.261 e. The Morgan fingerprint density at radius 2 is 1.68 bits per heavy atom. The Bertz CT molecular complexity index is 1060. The van der Waals surface area contributed by atoms with Crippen molar-refractivity contribution in [2.24, 2.45) is 0 Å². The molecule has 1 aliphatic heterocycles. The predicted octanol–water partition coefficient (Wildman–Crippen LogP) is 3.81. The number of ether oxygens (including phenoxy) is 1. The van der Waals surface area contributed by atoms with Crippen LogP contribution in [-0.2, 0) is 11.3 Å². The Morgan fingerprint density at radius 1 is 0.929 bits per heavy atom. The molecule has 4 rings (SSSR count). The van der Waals surface area contributed by atoms with Gasteiger partial charge < -0.3 is 4.74 Å². The zero-order valence-corrected chi connectivity index (χ0v) is 15.3. The van der Waals surface area contributed by atoms with Gasteiger partial charge in [0.2, 0.25) is 0 Å². The van der Waals surface area contributed by atoms with Crippen LogP contribution in [0.3, 0.4) is 0 Å². The van der Waals surface area contributed by atoms with E-state index in [2.05, 4.69) is 4.98 Å². The molecule has 0 atom stereocenters. The third-order valence-electron chi connectivity index (χ3n) is 4.66. The van der Waals surface area contributed by atoms with Crippen molar-refractivity contribution >= 4 is 23.5 Å². The van der Waals surface area contributed by atoms with E-state index in [1.54, 1.807) is 43.8 Å². The average Bonchev–Trinajstić information content (AvgIpc) is 2.75. The van der Waals surface area contributed by atoms with Crippen LogP contribution in [0.4, 0.5) is 0 Å². The van der Waals surface area contributed by atoms with Gasteiger partial charge in [0.15, 0.2) is 0 Å². The molecule has 0 aliphatic carbocycles. The lowest BCUT2D eigenvalue weighted by molar-refractivity contribution is -0.123. The Kier molecular flexibility index (Phi) is 4.72. The lowest BCUT2D eigenvalue weighted by Crippen LogP contribution is -2.41. The topological polar surface area (TPSA) is 59.5 Å². The van der Waals surface area contributed by atoms with Crippen molar-refractivity contribution in [1.82, 2.24) is 9.88 Å². The second kappa shape index (κ2) is 7.48. The molecule has 0 N–H and O–H groups in total. The van der Waals surface area contributed by atoms with Crippen molar-refractivity contribution in [1.29, 1.82) is 0 Å². The highest BCUT2D eigenvalue weighted by Crippen LogP contribution is 2.31. The molecule has 0 saturated carbocycles. The number of carbonyl (C=O) groups is 2. The van der Waals surface area contributed by atoms with E-state index in [-0.39, 0.29) is 18.4 Å². The molecule has 28 heavy (non-hydrogen) atoms.